The van der Waals surface area contributed by atoms with Crippen molar-refractivity contribution in [3.63, 3.8) is 0 Å². The first-order chi connectivity index (χ1) is 15.7. The van der Waals surface area contributed by atoms with Crippen molar-refractivity contribution < 1.29 is 4.74 Å². The maximum atomic E-state index is 5.51. The number of hydrogen-bond acceptors (Lipinski definition) is 3. The predicted octanol–water partition coefficient (Wildman–Crippen LogP) is 5.94. The molecule has 3 aromatic rings. The number of hydrogen-bond donors (Lipinski definition) is 2. The Bertz CT molecular complexity index is 960. The van der Waals surface area contributed by atoms with Gasteiger partial charge in [-0.05, 0) is 66.6 Å². The second-order valence-corrected chi connectivity index (χ2v) is 9.01. The van der Waals surface area contributed by atoms with E-state index < -0.39 is 0 Å². The fourth-order valence-corrected chi connectivity index (χ4v) is 4.97. The van der Waals surface area contributed by atoms with Gasteiger partial charge in [0.2, 0.25) is 0 Å². The van der Waals surface area contributed by atoms with Gasteiger partial charge in [-0.2, -0.15) is 0 Å². The summed E-state index contributed by atoms with van der Waals surface area (Å²) < 4.78 is 5.51. The molecule has 1 fully saturated rings. The van der Waals surface area contributed by atoms with Crippen LogP contribution in [-0.4, -0.2) is 26.2 Å². The lowest BCUT2D eigenvalue weighted by atomic mass is 9.68. The summed E-state index contributed by atoms with van der Waals surface area (Å²) in [4.78, 5) is 0. The van der Waals surface area contributed by atoms with E-state index in [1.54, 1.807) is 7.11 Å². The number of likely N-dealkylation sites (N-methyl/N-ethyl adjacent to an activating group) is 1. The maximum Gasteiger partial charge on any atom is 0.119 e. The van der Waals surface area contributed by atoms with Crippen LogP contribution >= 0.6 is 0 Å². The van der Waals surface area contributed by atoms with Gasteiger partial charge in [-0.25, -0.2) is 0 Å². The topological polar surface area (TPSA) is 33.3 Å². The van der Waals surface area contributed by atoms with Gasteiger partial charge in [0.25, 0.3) is 0 Å². The van der Waals surface area contributed by atoms with E-state index in [-0.39, 0.29) is 5.41 Å². The largest absolute Gasteiger partial charge is 0.497 e. The summed E-state index contributed by atoms with van der Waals surface area (Å²) in [6.07, 6.45) is 4.78. The molecule has 1 saturated carbocycles. The van der Waals surface area contributed by atoms with Crippen molar-refractivity contribution in [2.24, 2.45) is 0 Å². The molecule has 1 aliphatic carbocycles. The van der Waals surface area contributed by atoms with E-state index in [2.05, 4.69) is 90.4 Å². The Labute approximate surface area is 193 Å². The second-order valence-electron chi connectivity index (χ2n) is 9.01. The van der Waals surface area contributed by atoms with Crippen molar-refractivity contribution >= 4 is 0 Å². The van der Waals surface area contributed by atoms with Gasteiger partial charge in [0, 0.05) is 24.5 Å². The van der Waals surface area contributed by atoms with E-state index >= 15 is 0 Å². The zero-order valence-electron chi connectivity index (χ0n) is 19.4. The van der Waals surface area contributed by atoms with Crippen LogP contribution in [0.15, 0.2) is 78.9 Å². The number of benzene rings is 3. The Kier molecular flexibility index (Phi) is 7.62. The molecule has 0 saturated heterocycles. The van der Waals surface area contributed by atoms with Crippen molar-refractivity contribution in [1.82, 2.24) is 10.6 Å². The second kappa shape index (κ2) is 10.8. The molecule has 0 atom stereocenters. The summed E-state index contributed by atoms with van der Waals surface area (Å²) in [5.74, 6) is 0.956. The van der Waals surface area contributed by atoms with Crippen molar-refractivity contribution in [3.8, 4) is 16.9 Å². The molecule has 0 aromatic heterocycles. The first-order valence-electron chi connectivity index (χ1n) is 12.0. The zero-order valence-corrected chi connectivity index (χ0v) is 19.4. The highest BCUT2D eigenvalue weighted by molar-refractivity contribution is 5.63. The zero-order chi connectivity index (χ0) is 22.2. The number of ether oxygens (including phenoxy) is 1. The fourth-order valence-electron chi connectivity index (χ4n) is 4.97. The number of rotatable bonds is 9. The highest BCUT2D eigenvalue weighted by Gasteiger charge is 2.36. The van der Waals surface area contributed by atoms with Gasteiger partial charge in [-0.1, -0.05) is 73.7 Å². The van der Waals surface area contributed by atoms with Gasteiger partial charge < -0.3 is 15.4 Å². The van der Waals surface area contributed by atoms with Crippen LogP contribution in [0.3, 0.4) is 0 Å². The molecular formula is C29H36N2O. The Balaban J connectivity index is 1.35. The molecule has 0 unspecified atom stereocenters. The predicted molar refractivity (Wildman–Crippen MR) is 134 cm³/mol. The molecule has 168 valence electrons. The Morgan fingerprint density at radius 2 is 1.59 bits per heavy atom. The van der Waals surface area contributed by atoms with E-state index in [0.29, 0.717) is 6.04 Å². The van der Waals surface area contributed by atoms with Crippen LogP contribution in [-0.2, 0) is 12.0 Å². The summed E-state index contributed by atoms with van der Waals surface area (Å²) in [6, 6.07) is 28.8. The molecule has 3 aromatic carbocycles. The van der Waals surface area contributed by atoms with Crippen LogP contribution in [0.5, 0.6) is 5.75 Å². The molecule has 0 bridgehead atoms. The lowest BCUT2D eigenvalue weighted by Gasteiger charge is -2.41. The summed E-state index contributed by atoms with van der Waals surface area (Å²) in [7, 11) is 1.75. The van der Waals surface area contributed by atoms with Crippen molar-refractivity contribution in [1.29, 1.82) is 0 Å². The lowest BCUT2D eigenvalue weighted by molar-refractivity contribution is 0.238. The van der Waals surface area contributed by atoms with Gasteiger partial charge in [0.05, 0.1) is 7.11 Å². The third kappa shape index (κ3) is 5.40. The van der Waals surface area contributed by atoms with Crippen LogP contribution in [0.4, 0.5) is 0 Å². The van der Waals surface area contributed by atoms with E-state index in [4.69, 9.17) is 4.74 Å². The molecular weight excluding hydrogens is 392 g/mol. The van der Waals surface area contributed by atoms with Gasteiger partial charge in [0.15, 0.2) is 0 Å². The minimum atomic E-state index is 0.195. The van der Waals surface area contributed by atoms with Crippen LogP contribution in [0, 0.1) is 0 Å². The average molecular weight is 429 g/mol. The van der Waals surface area contributed by atoms with Crippen LogP contribution < -0.4 is 15.4 Å². The Morgan fingerprint density at radius 3 is 2.28 bits per heavy atom. The van der Waals surface area contributed by atoms with Crippen LogP contribution in [0.2, 0.25) is 0 Å². The minimum absolute atomic E-state index is 0.195. The van der Waals surface area contributed by atoms with Gasteiger partial charge in [-0.15, -0.1) is 0 Å². The molecule has 3 nitrogen and oxygen atoms in total. The van der Waals surface area contributed by atoms with Gasteiger partial charge in [-0.3, -0.25) is 0 Å². The normalized spacial score (nSPS) is 20.8. The molecule has 0 aliphatic heterocycles. The first kappa shape index (κ1) is 22.6. The summed E-state index contributed by atoms with van der Waals surface area (Å²) in [5.41, 5.74) is 5.50. The smallest absolute Gasteiger partial charge is 0.119 e. The van der Waals surface area contributed by atoms with E-state index in [9.17, 15) is 0 Å². The maximum absolute atomic E-state index is 5.51. The molecule has 1 aliphatic rings. The summed E-state index contributed by atoms with van der Waals surface area (Å²) >= 11 is 0. The van der Waals surface area contributed by atoms with Gasteiger partial charge >= 0.3 is 0 Å². The van der Waals surface area contributed by atoms with Crippen LogP contribution in [0.1, 0.15) is 43.7 Å². The monoisotopic (exact) mass is 428 g/mol. The van der Waals surface area contributed by atoms with E-state index in [1.807, 2.05) is 6.07 Å². The third-order valence-electron chi connectivity index (χ3n) is 6.99. The molecule has 4 rings (SSSR count). The van der Waals surface area contributed by atoms with Gasteiger partial charge in [0.1, 0.15) is 5.75 Å². The standard InChI is InChI=1S/C29H36N2O/c1-3-30-22-29(26-10-7-11-28(20-26)32-2)18-16-27(17-19-29)31-21-23-12-14-25(15-13-23)24-8-5-4-6-9-24/h4-15,20,27,30-31H,3,16-19,21-22H2,1-2H3/t27-,29+. The highest BCUT2D eigenvalue weighted by atomic mass is 16.5. The van der Waals surface area contributed by atoms with E-state index in [1.165, 1.54) is 47.9 Å². The molecule has 3 heteroatoms. The molecule has 0 spiro atoms. The number of nitrogens with one attached hydrogen (secondary N) is 2. The molecule has 32 heavy (non-hydrogen) atoms. The van der Waals surface area contributed by atoms with Crippen molar-refractivity contribution in [2.75, 3.05) is 20.2 Å². The first-order valence-corrected chi connectivity index (χ1v) is 12.0. The third-order valence-corrected chi connectivity index (χ3v) is 6.99. The van der Waals surface area contributed by atoms with Crippen LogP contribution in [0.25, 0.3) is 11.1 Å². The Hall–Kier alpha value is -2.62. The SMILES string of the molecule is CCNC[C@]1(c2cccc(OC)c2)CC[C@@H](NCc2ccc(-c3ccccc3)cc2)CC1. The minimum Gasteiger partial charge on any atom is -0.497 e. The lowest BCUT2D eigenvalue weighted by Crippen LogP contribution is -2.45. The summed E-state index contributed by atoms with van der Waals surface area (Å²) in [5, 5.41) is 7.44. The average Bonchev–Trinajstić information content (AvgIpc) is 2.88. The molecule has 0 radical (unpaired) electrons. The molecule has 0 amide bonds. The Morgan fingerprint density at radius 1 is 0.875 bits per heavy atom. The fraction of sp³-hybridized carbons (Fsp3) is 0.379. The quantitative estimate of drug-likeness (QED) is 0.442. The molecule has 2 N–H and O–H groups in total. The van der Waals surface area contributed by atoms with Crippen molar-refractivity contribution in [2.45, 2.75) is 50.6 Å². The summed E-state index contributed by atoms with van der Waals surface area (Å²) in [6.45, 7) is 5.16. The number of methoxy groups -OCH3 is 1. The van der Waals surface area contributed by atoms with Crippen molar-refractivity contribution in [3.05, 3.63) is 90.0 Å². The van der Waals surface area contributed by atoms with E-state index in [0.717, 1.165) is 25.4 Å². The highest BCUT2D eigenvalue weighted by Crippen LogP contribution is 2.40. The molecule has 0 heterocycles.